The first-order valence-electron chi connectivity index (χ1n) is 10.4. The summed E-state index contributed by atoms with van der Waals surface area (Å²) in [6.07, 6.45) is 3.81. The average Bonchev–Trinajstić information content (AvgIpc) is 3.50. The topological polar surface area (TPSA) is 84.3 Å². The highest BCUT2D eigenvalue weighted by atomic mass is 79.9. The van der Waals surface area contributed by atoms with E-state index in [-0.39, 0.29) is 6.04 Å². The summed E-state index contributed by atoms with van der Waals surface area (Å²) in [5.41, 5.74) is 4.05. The number of ether oxygens (including phenoxy) is 1. The van der Waals surface area contributed by atoms with E-state index in [0.717, 1.165) is 37.3 Å². The number of hydrogen-bond acceptors (Lipinski definition) is 4. The zero-order chi connectivity index (χ0) is 21.7. The fourth-order valence-electron chi connectivity index (χ4n) is 5.41. The third kappa shape index (κ3) is 2.17. The predicted octanol–water partition coefficient (Wildman–Crippen LogP) is 5.36. The summed E-state index contributed by atoms with van der Waals surface area (Å²) in [5, 5.41) is 13.3. The fraction of sp³-hybridized carbons (Fsp3) is 0.120. The van der Waals surface area contributed by atoms with Gasteiger partial charge in [-0.15, -0.1) is 0 Å². The number of fused-ring (bicyclic) bond motifs is 10. The molecule has 0 radical (unpaired) electrons. The number of aliphatic hydroxyl groups excluding tert-OH is 1. The Morgan fingerprint density at radius 1 is 1.00 bits per heavy atom. The van der Waals surface area contributed by atoms with Gasteiger partial charge in [0.05, 0.1) is 34.3 Å². The second-order valence-corrected chi connectivity index (χ2v) is 9.27. The van der Waals surface area contributed by atoms with E-state index in [0.29, 0.717) is 28.3 Å². The van der Waals surface area contributed by atoms with E-state index in [1.165, 1.54) is 0 Å². The molecule has 7 heteroatoms. The molecule has 2 aliphatic rings. The SMILES string of the molecule is O=C1OC(=O)c2c1c1c3ccccc3[nH]c1c1c2c2cc(Br)ccc2n1C1C=C[C@@H](O)C1. The Kier molecular flexibility index (Phi) is 3.46. The van der Waals surface area contributed by atoms with Crippen LogP contribution in [0, 0.1) is 0 Å². The molecule has 0 saturated heterocycles. The van der Waals surface area contributed by atoms with Gasteiger partial charge in [-0.3, -0.25) is 0 Å². The number of carbonyl (C=O) groups is 2. The molecule has 1 aliphatic heterocycles. The zero-order valence-electron chi connectivity index (χ0n) is 16.6. The lowest BCUT2D eigenvalue weighted by Gasteiger charge is -2.16. The molecule has 3 aromatic carbocycles. The van der Waals surface area contributed by atoms with Gasteiger partial charge in [0.1, 0.15) is 0 Å². The summed E-state index contributed by atoms with van der Waals surface area (Å²) in [6, 6.07) is 13.6. The number of hydrogen-bond donors (Lipinski definition) is 2. The molecule has 32 heavy (non-hydrogen) atoms. The molecule has 7 rings (SSSR count). The van der Waals surface area contributed by atoms with Crippen LogP contribution in [0.3, 0.4) is 0 Å². The molecule has 2 N–H and O–H groups in total. The summed E-state index contributed by atoms with van der Waals surface area (Å²) < 4.78 is 8.16. The number of halogens is 1. The van der Waals surface area contributed by atoms with Crippen LogP contribution in [0.4, 0.5) is 0 Å². The molecule has 5 aromatic rings. The van der Waals surface area contributed by atoms with Gasteiger partial charge in [-0.2, -0.15) is 0 Å². The fourth-order valence-corrected chi connectivity index (χ4v) is 5.77. The van der Waals surface area contributed by atoms with E-state index in [1.807, 2.05) is 48.5 Å². The molecule has 156 valence electrons. The van der Waals surface area contributed by atoms with Gasteiger partial charge in [0.2, 0.25) is 0 Å². The number of aromatic nitrogens is 2. The summed E-state index contributed by atoms with van der Waals surface area (Å²) in [7, 11) is 0. The predicted molar refractivity (Wildman–Crippen MR) is 125 cm³/mol. The Balaban J connectivity index is 1.81. The van der Waals surface area contributed by atoms with Gasteiger partial charge in [-0.25, -0.2) is 9.59 Å². The van der Waals surface area contributed by atoms with Crippen molar-refractivity contribution in [2.75, 3.05) is 0 Å². The van der Waals surface area contributed by atoms with Crippen LogP contribution in [-0.4, -0.2) is 32.7 Å². The molecule has 0 fully saturated rings. The molecule has 1 aliphatic carbocycles. The standard InChI is InChI=1S/C25H15BrN2O4/c26-11-5-8-17-15(9-11)19-21-20(24(30)32-25(21)31)18-14-3-1-2-4-16(14)27-22(18)23(19)28(17)12-6-7-13(29)10-12/h1-9,12-13,27,29H,10H2/t12?,13-/m1/s1. The van der Waals surface area contributed by atoms with E-state index in [2.05, 4.69) is 25.5 Å². The number of nitrogens with one attached hydrogen (secondary N) is 1. The van der Waals surface area contributed by atoms with Gasteiger partial charge < -0.3 is 19.4 Å². The number of aliphatic hydroxyl groups is 1. The van der Waals surface area contributed by atoms with Crippen molar-refractivity contribution < 1.29 is 19.4 Å². The van der Waals surface area contributed by atoms with Crippen molar-refractivity contribution in [1.29, 1.82) is 0 Å². The maximum absolute atomic E-state index is 13.0. The Morgan fingerprint density at radius 3 is 2.56 bits per heavy atom. The van der Waals surface area contributed by atoms with Crippen LogP contribution in [0.1, 0.15) is 33.2 Å². The first-order valence-corrected chi connectivity index (χ1v) is 11.1. The Morgan fingerprint density at radius 2 is 1.78 bits per heavy atom. The minimum Gasteiger partial charge on any atom is -0.389 e. The Labute approximate surface area is 189 Å². The van der Waals surface area contributed by atoms with Gasteiger partial charge in [0.15, 0.2) is 0 Å². The molecular formula is C25H15BrN2O4. The molecule has 0 saturated carbocycles. The zero-order valence-corrected chi connectivity index (χ0v) is 18.1. The summed E-state index contributed by atoms with van der Waals surface area (Å²) in [4.78, 5) is 29.3. The molecule has 2 aromatic heterocycles. The van der Waals surface area contributed by atoms with Crippen molar-refractivity contribution in [1.82, 2.24) is 9.55 Å². The molecule has 0 amide bonds. The van der Waals surface area contributed by atoms with Gasteiger partial charge >= 0.3 is 11.9 Å². The third-order valence-electron chi connectivity index (χ3n) is 6.62. The number of esters is 2. The molecule has 1 unspecified atom stereocenters. The number of benzene rings is 3. The lowest BCUT2D eigenvalue weighted by atomic mass is 9.96. The van der Waals surface area contributed by atoms with Crippen LogP contribution >= 0.6 is 15.9 Å². The van der Waals surface area contributed by atoms with Crippen LogP contribution in [0.25, 0.3) is 43.6 Å². The number of carbonyl (C=O) groups excluding carboxylic acids is 2. The summed E-state index contributed by atoms with van der Waals surface area (Å²) >= 11 is 3.55. The number of para-hydroxylation sites is 1. The van der Waals surface area contributed by atoms with Crippen LogP contribution in [0.2, 0.25) is 0 Å². The Hall–Kier alpha value is -3.42. The number of rotatable bonds is 1. The normalized spacial score (nSPS) is 20.3. The summed E-state index contributed by atoms with van der Waals surface area (Å²) in [6.45, 7) is 0. The number of H-pyrrole nitrogens is 1. The maximum atomic E-state index is 13.0. The highest BCUT2D eigenvalue weighted by molar-refractivity contribution is 9.10. The first-order chi connectivity index (χ1) is 15.5. The monoisotopic (exact) mass is 486 g/mol. The largest absolute Gasteiger partial charge is 0.389 e. The van der Waals surface area contributed by atoms with Crippen molar-refractivity contribution in [3.8, 4) is 0 Å². The van der Waals surface area contributed by atoms with Crippen molar-refractivity contribution >= 4 is 71.5 Å². The smallest absolute Gasteiger partial charge is 0.347 e. The first kappa shape index (κ1) is 18.2. The van der Waals surface area contributed by atoms with Crippen LogP contribution in [0.15, 0.2) is 59.1 Å². The minimum absolute atomic E-state index is 0.0908. The lowest BCUT2D eigenvalue weighted by Crippen LogP contribution is -2.08. The number of allylic oxidation sites excluding steroid dienone is 1. The van der Waals surface area contributed by atoms with Crippen LogP contribution < -0.4 is 0 Å². The molecule has 2 atom stereocenters. The highest BCUT2D eigenvalue weighted by Crippen LogP contribution is 2.46. The minimum atomic E-state index is -0.622. The van der Waals surface area contributed by atoms with Gasteiger partial charge in [0.25, 0.3) is 0 Å². The van der Waals surface area contributed by atoms with Crippen molar-refractivity contribution in [3.05, 3.63) is 70.2 Å². The molecule has 3 heterocycles. The van der Waals surface area contributed by atoms with Crippen molar-refractivity contribution in [3.63, 3.8) is 0 Å². The van der Waals surface area contributed by atoms with Crippen molar-refractivity contribution in [2.24, 2.45) is 0 Å². The molecular weight excluding hydrogens is 472 g/mol. The quantitative estimate of drug-likeness (QED) is 0.189. The Bertz CT molecular complexity index is 1710. The van der Waals surface area contributed by atoms with Gasteiger partial charge in [-0.05, 0) is 24.3 Å². The van der Waals surface area contributed by atoms with E-state index in [9.17, 15) is 14.7 Å². The highest BCUT2D eigenvalue weighted by Gasteiger charge is 2.38. The van der Waals surface area contributed by atoms with E-state index in [4.69, 9.17) is 4.74 Å². The second-order valence-electron chi connectivity index (χ2n) is 8.36. The van der Waals surface area contributed by atoms with E-state index in [1.54, 1.807) is 6.08 Å². The maximum Gasteiger partial charge on any atom is 0.347 e. The van der Waals surface area contributed by atoms with Crippen LogP contribution in [0.5, 0.6) is 0 Å². The van der Waals surface area contributed by atoms with E-state index < -0.39 is 18.0 Å². The van der Waals surface area contributed by atoms with Crippen LogP contribution in [-0.2, 0) is 4.74 Å². The van der Waals surface area contributed by atoms with Gasteiger partial charge in [-0.1, -0.05) is 46.3 Å². The molecule has 0 spiro atoms. The average molecular weight is 487 g/mol. The number of aromatic amines is 1. The van der Waals surface area contributed by atoms with E-state index >= 15 is 0 Å². The van der Waals surface area contributed by atoms with Gasteiger partial charge in [0, 0.05) is 43.5 Å². The molecule has 6 nitrogen and oxygen atoms in total. The lowest BCUT2D eigenvalue weighted by molar-refractivity contribution is 0.0445. The second kappa shape index (κ2) is 6.09. The number of nitrogens with zero attached hydrogens (tertiary/aromatic N) is 1. The third-order valence-corrected chi connectivity index (χ3v) is 7.11. The van der Waals surface area contributed by atoms with Crippen molar-refractivity contribution in [2.45, 2.75) is 18.6 Å². The molecule has 0 bridgehead atoms. The summed E-state index contributed by atoms with van der Waals surface area (Å²) in [5.74, 6) is -1.24. The number of cyclic esters (lactones) is 2.